The molecule has 0 atom stereocenters. The zero-order valence-electron chi connectivity index (χ0n) is 16.6. The lowest BCUT2D eigenvalue weighted by Crippen LogP contribution is -2.40. The van der Waals surface area contributed by atoms with Crippen LogP contribution in [0.5, 0.6) is 0 Å². The number of aromatic nitrogens is 1. The zero-order chi connectivity index (χ0) is 20.4. The highest BCUT2D eigenvalue weighted by Gasteiger charge is 2.18. The van der Waals surface area contributed by atoms with Gasteiger partial charge < -0.3 is 15.0 Å². The van der Waals surface area contributed by atoms with E-state index in [-0.39, 0.29) is 11.8 Å². The van der Waals surface area contributed by atoms with Crippen LogP contribution in [-0.4, -0.2) is 48.0 Å². The lowest BCUT2D eigenvalue weighted by atomic mass is 10.0. The van der Waals surface area contributed by atoms with E-state index < -0.39 is 0 Å². The molecule has 0 saturated carbocycles. The van der Waals surface area contributed by atoms with Crippen molar-refractivity contribution in [2.45, 2.75) is 13.8 Å². The van der Waals surface area contributed by atoms with Gasteiger partial charge in [0.15, 0.2) is 0 Å². The molecule has 6 nitrogen and oxygen atoms in total. The third-order valence-electron chi connectivity index (χ3n) is 5.02. The molecule has 29 heavy (non-hydrogen) atoms. The largest absolute Gasteiger partial charge is 0.378 e. The molecule has 3 aromatic rings. The summed E-state index contributed by atoms with van der Waals surface area (Å²) in [7, 11) is 0. The Morgan fingerprint density at radius 1 is 1.00 bits per heavy atom. The Balaban J connectivity index is 1.54. The number of rotatable bonds is 3. The van der Waals surface area contributed by atoms with Crippen LogP contribution in [0.3, 0.4) is 0 Å². The molecule has 1 fully saturated rings. The van der Waals surface area contributed by atoms with E-state index in [0.717, 1.165) is 22.2 Å². The average Bonchev–Trinajstić information content (AvgIpc) is 2.74. The maximum Gasteiger partial charge on any atom is 0.256 e. The number of pyridine rings is 1. The maximum absolute atomic E-state index is 12.9. The number of morpholine rings is 1. The molecule has 1 saturated heterocycles. The van der Waals surface area contributed by atoms with Crippen molar-refractivity contribution in [2.24, 2.45) is 0 Å². The van der Waals surface area contributed by atoms with Crippen molar-refractivity contribution in [3.63, 3.8) is 0 Å². The van der Waals surface area contributed by atoms with Gasteiger partial charge in [-0.05, 0) is 56.3 Å². The second kappa shape index (κ2) is 8.01. The summed E-state index contributed by atoms with van der Waals surface area (Å²) in [5.74, 6) is -0.212. The van der Waals surface area contributed by atoms with Crippen LogP contribution in [0.25, 0.3) is 10.9 Å². The highest BCUT2D eigenvalue weighted by atomic mass is 16.5. The van der Waals surface area contributed by atoms with Crippen LogP contribution in [0.15, 0.2) is 48.5 Å². The van der Waals surface area contributed by atoms with Gasteiger partial charge in [0, 0.05) is 35.4 Å². The average molecular weight is 389 g/mol. The Labute approximate surface area is 169 Å². The molecule has 148 valence electrons. The van der Waals surface area contributed by atoms with E-state index >= 15 is 0 Å². The number of carbonyl (C=O) groups excluding carboxylic acids is 2. The Kier molecular flexibility index (Phi) is 5.27. The fraction of sp³-hybridized carbons (Fsp3) is 0.261. The monoisotopic (exact) mass is 389 g/mol. The Bertz CT molecular complexity index is 1070. The predicted octanol–water partition coefficient (Wildman–Crippen LogP) is 3.58. The van der Waals surface area contributed by atoms with Crippen LogP contribution >= 0.6 is 0 Å². The first-order valence-corrected chi connectivity index (χ1v) is 9.68. The summed E-state index contributed by atoms with van der Waals surface area (Å²) in [6.07, 6.45) is 0. The van der Waals surface area contributed by atoms with E-state index in [9.17, 15) is 9.59 Å². The van der Waals surface area contributed by atoms with Gasteiger partial charge >= 0.3 is 0 Å². The number of carbonyl (C=O) groups is 2. The molecule has 1 aliphatic heterocycles. The topological polar surface area (TPSA) is 71.5 Å². The fourth-order valence-corrected chi connectivity index (χ4v) is 3.50. The number of anilines is 1. The molecule has 2 aromatic carbocycles. The molecule has 2 amide bonds. The summed E-state index contributed by atoms with van der Waals surface area (Å²) in [6.45, 7) is 6.21. The van der Waals surface area contributed by atoms with Gasteiger partial charge in [-0.25, -0.2) is 0 Å². The van der Waals surface area contributed by atoms with Crippen LogP contribution < -0.4 is 5.32 Å². The molecular weight excluding hydrogens is 366 g/mol. The molecule has 1 N–H and O–H groups in total. The van der Waals surface area contributed by atoms with Crippen LogP contribution in [0, 0.1) is 13.8 Å². The third kappa shape index (κ3) is 4.12. The van der Waals surface area contributed by atoms with Crippen molar-refractivity contribution >= 4 is 28.4 Å². The number of fused-ring (bicyclic) bond motifs is 1. The molecule has 0 spiro atoms. The van der Waals surface area contributed by atoms with E-state index in [4.69, 9.17) is 4.74 Å². The summed E-state index contributed by atoms with van der Waals surface area (Å²) < 4.78 is 5.29. The molecular formula is C23H23N3O3. The standard InChI is InChI=1S/C23H23N3O3/c1-15-3-8-21-19(13-15)20(14-16(2)24-21)22(27)25-18-6-4-17(5-7-18)23(28)26-9-11-29-12-10-26/h3-8,13-14H,9-12H2,1-2H3,(H,25,27). The molecule has 0 radical (unpaired) electrons. The number of hydrogen-bond donors (Lipinski definition) is 1. The second-order valence-corrected chi connectivity index (χ2v) is 7.27. The van der Waals surface area contributed by atoms with E-state index in [2.05, 4.69) is 10.3 Å². The van der Waals surface area contributed by atoms with Crippen LogP contribution in [0.4, 0.5) is 5.69 Å². The summed E-state index contributed by atoms with van der Waals surface area (Å²) in [6, 6.07) is 14.7. The quantitative estimate of drug-likeness (QED) is 0.743. The summed E-state index contributed by atoms with van der Waals surface area (Å²) in [4.78, 5) is 31.8. The third-order valence-corrected chi connectivity index (χ3v) is 5.02. The van der Waals surface area contributed by atoms with E-state index in [1.807, 2.05) is 32.0 Å². The van der Waals surface area contributed by atoms with Crippen molar-refractivity contribution in [1.29, 1.82) is 0 Å². The Hall–Kier alpha value is -3.25. The van der Waals surface area contributed by atoms with E-state index in [1.54, 1.807) is 35.2 Å². The van der Waals surface area contributed by atoms with Gasteiger partial charge in [-0.15, -0.1) is 0 Å². The van der Waals surface area contributed by atoms with Crippen molar-refractivity contribution in [3.05, 3.63) is 70.9 Å². The van der Waals surface area contributed by atoms with Gasteiger partial charge in [-0.2, -0.15) is 0 Å². The van der Waals surface area contributed by atoms with Gasteiger partial charge in [-0.3, -0.25) is 14.6 Å². The van der Waals surface area contributed by atoms with Gasteiger partial charge in [0.2, 0.25) is 0 Å². The van der Waals surface area contributed by atoms with Gasteiger partial charge in [0.25, 0.3) is 11.8 Å². The second-order valence-electron chi connectivity index (χ2n) is 7.27. The first-order valence-electron chi connectivity index (χ1n) is 9.68. The normalized spacial score (nSPS) is 14.1. The van der Waals surface area contributed by atoms with E-state index in [0.29, 0.717) is 43.1 Å². The minimum absolute atomic E-state index is 0.0163. The molecule has 1 aromatic heterocycles. The molecule has 6 heteroatoms. The molecule has 1 aliphatic rings. The summed E-state index contributed by atoms with van der Waals surface area (Å²) in [5, 5.41) is 3.76. The lowest BCUT2D eigenvalue weighted by Gasteiger charge is -2.26. The number of ether oxygens (including phenoxy) is 1. The number of nitrogens with zero attached hydrogens (tertiary/aromatic N) is 2. The smallest absolute Gasteiger partial charge is 0.256 e. The van der Waals surface area contributed by atoms with Crippen LogP contribution in [-0.2, 0) is 4.74 Å². The number of aryl methyl sites for hydroxylation is 2. The van der Waals surface area contributed by atoms with Gasteiger partial charge in [-0.1, -0.05) is 11.6 Å². The molecule has 2 heterocycles. The van der Waals surface area contributed by atoms with Crippen molar-refractivity contribution < 1.29 is 14.3 Å². The molecule has 0 unspecified atom stereocenters. The number of amides is 2. The van der Waals surface area contributed by atoms with Crippen LogP contribution in [0.2, 0.25) is 0 Å². The first-order chi connectivity index (χ1) is 14.0. The lowest BCUT2D eigenvalue weighted by molar-refractivity contribution is 0.0303. The van der Waals surface area contributed by atoms with Crippen molar-refractivity contribution in [3.8, 4) is 0 Å². The highest BCUT2D eigenvalue weighted by molar-refractivity contribution is 6.12. The number of benzene rings is 2. The van der Waals surface area contributed by atoms with Crippen molar-refractivity contribution in [1.82, 2.24) is 9.88 Å². The Morgan fingerprint density at radius 2 is 1.72 bits per heavy atom. The first kappa shape index (κ1) is 19.1. The number of hydrogen-bond acceptors (Lipinski definition) is 4. The SMILES string of the molecule is Cc1ccc2nc(C)cc(C(=O)Nc3ccc(C(=O)N4CCOCC4)cc3)c2c1. The van der Waals surface area contributed by atoms with Crippen molar-refractivity contribution in [2.75, 3.05) is 31.6 Å². The fourth-order valence-electron chi connectivity index (χ4n) is 3.50. The minimum Gasteiger partial charge on any atom is -0.378 e. The maximum atomic E-state index is 12.9. The molecule has 0 aliphatic carbocycles. The zero-order valence-corrected chi connectivity index (χ0v) is 16.6. The Morgan fingerprint density at radius 3 is 2.45 bits per heavy atom. The van der Waals surface area contributed by atoms with E-state index in [1.165, 1.54) is 0 Å². The van der Waals surface area contributed by atoms with Gasteiger partial charge in [0.1, 0.15) is 0 Å². The van der Waals surface area contributed by atoms with Gasteiger partial charge in [0.05, 0.1) is 24.3 Å². The predicted molar refractivity (Wildman–Crippen MR) is 112 cm³/mol. The van der Waals surface area contributed by atoms with Crippen LogP contribution in [0.1, 0.15) is 32.0 Å². The number of nitrogens with one attached hydrogen (secondary N) is 1. The summed E-state index contributed by atoms with van der Waals surface area (Å²) in [5.41, 5.74) is 4.49. The highest BCUT2D eigenvalue weighted by Crippen LogP contribution is 2.22. The minimum atomic E-state index is -0.196. The molecule has 0 bridgehead atoms. The molecule has 4 rings (SSSR count). The summed E-state index contributed by atoms with van der Waals surface area (Å²) >= 11 is 0.